The van der Waals surface area contributed by atoms with E-state index in [-0.39, 0.29) is 17.1 Å². The molecule has 0 aliphatic rings. The van der Waals surface area contributed by atoms with Crippen molar-refractivity contribution in [3.8, 4) is 17.2 Å². The summed E-state index contributed by atoms with van der Waals surface area (Å²) in [6, 6.07) is 12.7. The molecule has 0 aromatic heterocycles. The van der Waals surface area contributed by atoms with Crippen molar-refractivity contribution >= 4 is 16.7 Å². The number of aromatic hydroxyl groups is 2. The van der Waals surface area contributed by atoms with Crippen molar-refractivity contribution in [2.75, 3.05) is 6.61 Å². The van der Waals surface area contributed by atoms with Crippen molar-refractivity contribution < 1.29 is 24.9 Å². The Hall–Kier alpha value is -3.21. The number of aromatic carboxylic acids is 1. The van der Waals surface area contributed by atoms with Crippen LogP contribution >= 0.6 is 0 Å². The van der Waals surface area contributed by atoms with Crippen molar-refractivity contribution in [3.05, 3.63) is 64.7 Å². The van der Waals surface area contributed by atoms with Crippen LogP contribution in [0, 0.1) is 13.8 Å². The number of carboxylic acids is 1. The predicted octanol–water partition coefficient (Wildman–Crippen LogP) is 5.75. The maximum atomic E-state index is 11.1. The molecule has 0 aliphatic heterocycles. The lowest BCUT2D eigenvalue weighted by Crippen LogP contribution is -1.98. The summed E-state index contributed by atoms with van der Waals surface area (Å²) in [6.45, 7) is 4.27. The molecule has 0 saturated carbocycles. The van der Waals surface area contributed by atoms with Crippen LogP contribution in [0.4, 0.5) is 0 Å². The number of aryl methyl sites for hydroxylation is 2. The van der Waals surface area contributed by atoms with E-state index in [1.165, 1.54) is 0 Å². The highest BCUT2D eigenvalue weighted by molar-refractivity contribution is 5.94. The zero-order chi connectivity index (χ0) is 21.7. The molecule has 0 aliphatic carbocycles. The molecule has 0 fully saturated rings. The highest BCUT2D eigenvalue weighted by Gasteiger charge is 2.11. The summed E-state index contributed by atoms with van der Waals surface area (Å²) in [5.74, 6) is -0.168. The van der Waals surface area contributed by atoms with Crippen molar-refractivity contribution in [2.45, 2.75) is 46.0 Å². The number of rotatable bonds is 9. The molecule has 3 N–H and O–H groups in total. The second-order valence-electron chi connectivity index (χ2n) is 7.72. The first-order valence-corrected chi connectivity index (χ1v) is 10.3. The van der Waals surface area contributed by atoms with Gasteiger partial charge in [-0.05, 0) is 84.8 Å². The van der Waals surface area contributed by atoms with Crippen molar-refractivity contribution in [3.63, 3.8) is 0 Å². The second-order valence-corrected chi connectivity index (χ2v) is 7.72. The Morgan fingerprint density at radius 2 is 1.57 bits per heavy atom. The smallest absolute Gasteiger partial charge is 0.335 e. The number of carbonyl (C=O) groups is 1. The third kappa shape index (κ3) is 5.03. The average molecular weight is 408 g/mol. The van der Waals surface area contributed by atoms with Gasteiger partial charge in [0.1, 0.15) is 5.75 Å². The van der Waals surface area contributed by atoms with E-state index in [0.717, 1.165) is 59.8 Å². The number of carboxylic acid groups (broad SMARTS) is 1. The first kappa shape index (κ1) is 21.5. The normalized spacial score (nSPS) is 11.0. The summed E-state index contributed by atoms with van der Waals surface area (Å²) < 4.78 is 5.84. The number of ether oxygens (including phenoxy) is 1. The molecular formula is C25H28O5. The van der Waals surface area contributed by atoms with Crippen LogP contribution in [-0.4, -0.2) is 27.9 Å². The molecule has 0 heterocycles. The second kappa shape index (κ2) is 9.53. The van der Waals surface area contributed by atoms with Gasteiger partial charge in [-0.1, -0.05) is 31.0 Å². The van der Waals surface area contributed by atoms with Crippen LogP contribution in [0.15, 0.2) is 42.5 Å². The maximum Gasteiger partial charge on any atom is 0.335 e. The molecule has 5 nitrogen and oxygen atoms in total. The van der Waals surface area contributed by atoms with Crippen LogP contribution in [-0.2, 0) is 6.42 Å². The molecule has 3 rings (SSSR count). The van der Waals surface area contributed by atoms with Gasteiger partial charge in [0.05, 0.1) is 12.2 Å². The van der Waals surface area contributed by atoms with E-state index in [9.17, 15) is 15.0 Å². The zero-order valence-corrected chi connectivity index (χ0v) is 17.4. The minimum absolute atomic E-state index is 0.00651. The Kier molecular flexibility index (Phi) is 6.83. The van der Waals surface area contributed by atoms with E-state index in [1.807, 2.05) is 31.2 Å². The number of fused-ring (bicyclic) bond motifs is 1. The lowest BCUT2D eigenvalue weighted by Gasteiger charge is -2.12. The molecule has 3 aromatic rings. The molecule has 0 amide bonds. The Bertz CT molecular complexity index is 1060. The van der Waals surface area contributed by atoms with E-state index in [2.05, 4.69) is 0 Å². The van der Waals surface area contributed by atoms with Gasteiger partial charge >= 0.3 is 5.97 Å². The highest BCUT2D eigenvalue weighted by Crippen LogP contribution is 2.34. The molecule has 3 aromatic carbocycles. The van der Waals surface area contributed by atoms with Crippen LogP contribution in [0.25, 0.3) is 10.8 Å². The van der Waals surface area contributed by atoms with Gasteiger partial charge in [0.25, 0.3) is 0 Å². The third-order valence-electron chi connectivity index (χ3n) is 5.49. The van der Waals surface area contributed by atoms with Gasteiger partial charge in [-0.2, -0.15) is 0 Å². The molecule has 0 unspecified atom stereocenters. The minimum atomic E-state index is -0.926. The molecule has 0 bridgehead atoms. The molecular weight excluding hydrogens is 380 g/mol. The number of hydrogen-bond donors (Lipinski definition) is 3. The number of phenols is 2. The standard InChI is InChI=1S/C25H28O5/c1-16-13-18(17(2)24(27)23(16)26)7-5-3-4-6-12-30-22-11-10-19-14-21(25(28)29)9-8-20(19)15-22/h8-11,13-15,26-27H,3-7,12H2,1-2H3,(H,28,29). The molecule has 0 saturated heterocycles. The van der Waals surface area contributed by atoms with Gasteiger partial charge in [0, 0.05) is 0 Å². The van der Waals surface area contributed by atoms with Crippen molar-refractivity contribution in [1.29, 1.82) is 0 Å². The van der Waals surface area contributed by atoms with Crippen LogP contribution in [0.2, 0.25) is 0 Å². The van der Waals surface area contributed by atoms with Gasteiger partial charge in [-0.15, -0.1) is 0 Å². The summed E-state index contributed by atoms with van der Waals surface area (Å²) in [6.07, 6.45) is 4.97. The first-order chi connectivity index (χ1) is 14.4. The Labute approximate surface area is 176 Å². The topological polar surface area (TPSA) is 87.0 Å². The fourth-order valence-corrected chi connectivity index (χ4v) is 3.62. The summed E-state index contributed by atoms with van der Waals surface area (Å²) in [7, 11) is 0. The minimum Gasteiger partial charge on any atom is -0.504 e. The summed E-state index contributed by atoms with van der Waals surface area (Å²) in [5, 5.41) is 30.7. The SMILES string of the molecule is Cc1cc(CCCCCCOc2ccc3cc(C(=O)O)ccc3c2)c(C)c(O)c1O. The van der Waals surface area contributed by atoms with Crippen LogP contribution in [0.1, 0.15) is 52.7 Å². The van der Waals surface area contributed by atoms with Crippen LogP contribution < -0.4 is 4.74 Å². The Morgan fingerprint density at radius 1 is 0.867 bits per heavy atom. The summed E-state index contributed by atoms with van der Waals surface area (Å²) in [5.41, 5.74) is 2.83. The number of benzene rings is 3. The third-order valence-corrected chi connectivity index (χ3v) is 5.49. The lowest BCUT2D eigenvalue weighted by atomic mass is 9.98. The monoisotopic (exact) mass is 408 g/mol. The number of unbranched alkanes of at least 4 members (excludes halogenated alkanes) is 3. The van der Waals surface area contributed by atoms with Gasteiger partial charge in [0.15, 0.2) is 11.5 Å². The maximum absolute atomic E-state index is 11.1. The van der Waals surface area contributed by atoms with Gasteiger partial charge in [0.2, 0.25) is 0 Å². The summed E-state index contributed by atoms with van der Waals surface area (Å²) >= 11 is 0. The zero-order valence-electron chi connectivity index (χ0n) is 17.4. The Balaban J connectivity index is 1.41. The molecule has 0 radical (unpaired) electrons. The van der Waals surface area contributed by atoms with Crippen molar-refractivity contribution in [2.24, 2.45) is 0 Å². The van der Waals surface area contributed by atoms with Gasteiger partial charge < -0.3 is 20.1 Å². The van der Waals surface area contributed by atoms with Crippen LogP contribution in [0.5, 0.6) is 17.2 Å². The lowest BCUT2D eigenvalue weighted by molar-refractivity contribution is 0.0697. The average Bonchev–Trinajstić information content (AvgIpc) is 2.74. The molecule has 5 heteroatoms. The van der Waals surface area contributed by atoms with Gasteiger partial charge in [-0.25, -0.2) is 4.79 Å². The van der Waals surface area contributed by atoms with E-state index >= 15 is 0 Å². The first-order valence-electron chi connectivity index (χ1n) is 10.3. The highest BCUT2D eigenvalue weighted by atomic mass is 16.5. The molecule has 0 spiro atoms. The van der Waals surface area contributed by atoms with E-state index in [4.69, 9.17) is 9.84 Å². The van der Waals surface area contributed by atoms with Crippen molar-refractivity contribution in [1.82, 2.24) is 0 Å². The molecule has 0 atom stereocenters. The molecule has 30 heavy (non-hydrogen) atoms. The number of hydrogen-bond acceptors (Lipinski definition) is 4. The summed E-state index contributed by atoms with van der Waals surface area (Å²) in [4.78, 5) is 11.1. The fourth-order valence-electron chi connectivity index (χ4n) is 3.62. The largest absolute Gasteiger partial charge is 0.504 e. The predicted molar refractivity (Wildman–Crippen MR) is 118 cm³/mol. The molecule has 158 valence electrons. The van der Waals surface area contributed by atoms with E-state index in [0.29, 0.717) is 12.2 Å². The van der Waals surface area contributed by atoms with E-state index in [1.54, 1.807) is 25.1 Å². The quantitative estimate of drug-likeness (QED) is 0.310. The van der Waals surface area contributed by atoms with E-state index < -0.39 is 5.97 Å². The van der Waals surface area contributed by atoms with Gasteiger partial charge in [-0.3, -0.25) is 0 Å². The number of phenolic OH excluding ortho intramolecular Hbond substituents is 2. The Morgan fingerprint density at radius 3 is 2.33 bits per heavy atom. The fraction of sp³-hybridized carbons (Fsp3) is 0.320. The van der Waals surface area contributed by atoms with Crippen LogP contribution in [0.3, 0.4) is 0 Å².